The smallest absolute Gasteiger partial charge is 0.337 e. The third-order valence-electron chi connectivity index (χ3n) is 2.75. The molecule has 0 saturated carbocycles. The number of rotatable bonds is 3. The Bertz CT molecular complexity index is 501. The van der Waals surface area contributed by atoms with Gasteiger partial charge in [-0.2, -0.15) is 0 Å². The Kier molecular flexibility index (Phi) is 4.24. The maximum atomic E-state index is 11.8. The van der Waals surface area contributed by atoms with Crippen molar-refractivity contribution in [2.75, 3.05) is 18.5 Å². The maximum Gasteiger partial charge on any atom is 0.337 e. The minimum absolute atomic E-state index is 0.0506. The number of carboxylic acids is 1. The largest absolute Gasteiger partial charge is 0.478 e. The molecular formula is C12H13ClN2O4. The Morgan fingerprint density at radius 3 is 2.84 bits per heavy atom. The number of carboxylic acid groups (broad SMARTS) is 1. The molecule has 0 spiro atoms. The number of hydrogen-bond acceptors (Lipinski definition) is 3. The SMILES string of the molecule is O=C(Nc1c(Cl)cccc1C(=O)O)NC1CCOC1. The molecule has 102 valence electrons. The summed E-state index contributed by atoms with van der Waals surface area (Å²) in [6.45, 7) is 1.07. The summed E-state index contributed by atoms with van der Waals surface area (Å²) in [5.74, 6) is -1.15. The Morgan fingerprint density at radius 1 is 1.42 bits per heavy atom. The van der Waals surface area contributed by atoms with E-state index in [0.717, 1.165) is 6.42 Å². The number of amides is 2. The number of nitrogens with one attached hydrogen (secondary N) is 2. The summed E-state index contributed by atoms with van der Waals surface area (Å²) >= 11 is 5.90. The van der Waals surface area contributed by atoms with Gasteiger partial charge in [-0.15, -0.1) is 0 Å². The van der Waals surface area contributed by atoms with Gasteiger partial charge in [0, 0.05) is 6.61 Å². The third kappa shape index (κ3) is 3.36. The van der Waals surface area contributed by atoms with E-state index in [1.807, 2.05) is 0 Å². The second-order valence-corrected chi connectivity index (χ2v) is 4.53. The fraction of sp³-hybridized carbons (Fsp3) is 0.333. The Morgan fingerprint density at radius 2 is 2.21 bits per heavy atom. The molecule has 0 radical (unpaired) electrons. The van der Waals surface area contributed by atoms with Gasteiger partial charge in [-0.05, 0) is 18.6 Å². The molecule has 0 aromatic heterocycles. The lowest BCUT2D eigenvalue weighted by atomic mass is 10.2. The predicted molar refractivity (Wildman–Crippen MR) is 69.8 cm³/mol. The molecule has 2 rings (SSSR count). The number of aromatic carboxylic acids is 1. The van der Waals surface area contributed by atoms with E-state index in [4.69, 9.17) is 21.4 Å². The van der Waals surface area contributed by atoms with Crippen LogP contribution >= 0.6 is 11.6 Å². The number of urea groups is 1. The lowest BCUT2D eigenvalue weighted by molar-refractivity contribution is 0.0698. The first-order valence-electron chi connectivity index (χ1n) is 5.75. The summed E-state index contributed by atoms with van der Waals surface area (Å²) in [6.07, 6.45) is 0.738. The maximum absolute atomic E-state index is 11.8. The Labute approximate surface area is 114 Å². The van der Waals surface area contributed by atoms with Crippen molar-refractivity contribution in [1.82, 2.24) is 5.32 Å². The van der Waals surface area contributed by atoms with Crippen molar-refractivity contribution in [1.29, 1.82) is 0 Å². The molecule has 0 bridgehead atoms. The monoisotopic (exact) mass is 284 g/mol. The zero-order chi connectivity index (χ0) is 13.8. The van der Waals surface area contributed by atoms with Gasteiger partial charge in [0.15, 0.2) is 0 Å². The van der Waals surface area contributed by atoms with E-state index in [1.165, 1.54) is 18.2 Å². The molecule has 1 unspecified atom stereocenters. The molecule has 2 amide bonds. The highest BCUT2D eigenvalue weighted by Gasteiger charge is 2.20. The van der Waals surface area contributed by atoms with Crippen LogP contribution in [0.3, 0.4) is 0 Å². The number of para-hydroxylation sites is 1. The van der Waals surface area contributed by atoms with E-state index in [-0.39, 0.29) is 22.3 Å². The number of hydrogen-bond donors (Lipinski definition) is 3. The molecule has 19 heavy (non-hydrogen) atoms. The number of ether oxygens (including phenoxy) is 1. The van der Waals surface area contributed by atoms with Crippen molar-refractivity contribution in [3.05, 3.63) is 28.8 Å². The van der Waals surface area contributed by atoms with Gasteiger partial charge in [0.05, 0.1) is 28.9 Å². The van der Waals surface area contributed by atoms with Gasteiger partial charge in [0.1, 0.15) is 0 Å². The Balaban J connectivity index is 2.09. The fourth-order valence-electron chi connectivity index (χ4n) is 1.81. The predicted octanol–water partition coefficient (Wildman–Crippen LogP) is 1.95. The summed E-state index contributed by atoms with van der Waals surface area (Å²) in [5, 5.41) is 14.4. The number of halogens is 1. The molecule has 1 aliphatic heterocycles. The van der Waals surface area contributed by atoms with Crippen LogP contribution in [0.25, 0.3) is 0 Å². The quantitative estimate of drug-likeness (QED) is 0.791. The minimum Gasteiger partial charge on any atom is -0.478 e. The molecule has 1 aromatic carbocycles. The highest BCUT2D eigenvalue weighted by molar-refractivity contribution is 6.34. The van der Waals surface area contributed by atoms with Crippen LogP contribution < -0.4 is 10.6 Å². The van der Waals surface area contributed by atoms with E-state index in [1.54, 1.807) is 0 Å². The van der Waals surface area contributed by atoms with Gasteiger partial charge < -0.3 is 20.5 Å². The second-order valence-electron chi connectivity index (χ2n) is 4.13. The molecule has 1 atom stereocenters. The van der Waals surface area contributed by atoms with Crippen molar-refractivity contribution in [2.24, 2.45) is 0 Å². The van der Waals surface area contributed by atoms with Crippen LogP contribution in [0.2, 0.25) is 5.02 Å². The molecule has 1 saturated heterocycles. The van der Waals surface area contributed by atoms with Crippen molar-refractivity contribution in [3.63, 3.8) is 0 Å². The van der Waals surface area contributed by atoms with Crippen LogP contribution in [0.15, 0.2) is 18.2 Å². The average Bonchev–Trinajstić information content (AvgIpc) is 2.84. The number of benzene rings is 1. The van der Waals surface area contributed by atoms with E-state index < -0.39 is 12.0 Å². The van der Waals surface area contributed by atoms with E-state index >= 15 is 0 Å². The van der Waals surface area contributed by atoms with Crippen LogP contribution in [0, 0.1) is 0 Å². The fourth-order valence-corrected chi connectivity index (χ4v) is 2.03. The molecule has 3 N–H and O–H groups in total. The zero-order valence-corrected chi connectivity index (χ0v) is 10.7. The first-order valence-corrected chi connectivity index (χ1v) is 6.13. The normalized spacial score (nSPS) is 18.1. The van der Waals surface area contributed by atoms with Gasteiger partial charge in [-0.1, -0.05) is 17.7 Å². The van der Waals surface area contributed by atoms with Gasteiger partial charge in [0.2, 0.25) is 0 Å². The van der Waals surface area contributed by atoms with Gasteiger partial charge >= 0.3 is 12.0 Å². The molecule has 7 heteroatoms. The number of carbonyl (C=O) groups excluding carboxylic acids is 1. The molecule has 1 aromatic rings. The van der Waals surface area contributed by atoms with E-state index in [2.05, 4.69) is 10.6 Å². The molecular weight excluding hydrogens is 272 g/mol. The first kappa shape index (κ1) is 13.6. The molecule has 0 aliphatic carbocycles. The van der Waals surface area contributed by atoms with E-state index in [9.17, 15) is 9.59 Å². The van der Waals surface area contributed by atoms with Crippen LogP contribution in [-0.2, 0) is 4.74 Å². The van der Waals surface area contributed by atoms with Crippen molar-refractivity contribution < 1.29 is 19.4 Å². The highest BCUT2D eigenvalue weighted by Crippen LogP contribution is 2.26. The minimum atomic E-state index is -1.15. The summed E-state index contributed by atoms with van der Waals surface area (Å²) in [7, 11) is 0. The van der Waals surface area contributed by atoms with Crippen molar-refractivity contribution >= 4 is 29.3 Å². The summed E-state index contributed by atoms with van der Waals surface area (Å²) in [5.41, 5.74) is 0.0402. The topological polar surface area (TPSA) is 87.7 Å². The first-order chi connectivity index (χ1) is 9.08. The molecule has 1 heterocycles. The number of carbonyl (C=O) groups is 2. The van der Waals surface area contributed by atoms with E-state index in [0.29, 0.717) is 13.2 Å². The highest BCUT2D eigenvalue weighted by atomic mass is 35.5. The zero-order valence-electron chi connectivity index (χ0n) is 9.98. The van der Waals surface area contributed by atoms with Crippen molar-refractivity contribution in [2.45, 2.75) is 12.5 Å². The van der Waals surface area contributed by atoms with Crippen LogP contribution in [-0.4, -0.2) is 36.4 Å². The van der Waals surface area contributed by atoms with Gasteiger partial charge in [-0.25, -0.2) is 9.59 Å². The summed E-state index contributed by atoms with van der Waals surface area (Å²) in [4.78, 5) is 22.8. The molecule has 1 fully saturated rings. The van der Waals surface area contributed by atoms with Crippen LogP contribution in [0.4, 0.5) is 10.5 Å². The van der Waals surface area contributed by atoms with Gasteiger partial charge in [0.25, 0.3) is 0 Å². The average molecular weight is 285 g/mol. The summed E-state index contributed by atoms with van der Waals surface area (Å²) in [6, 6.07) is 3.85. The molecule has 6 nitrogen and oxygen atoms in total. The van der Waals surface area contributed by atoms with Gasteiger partial charge in [-0.3, -0.25) is 0 Å². The third-order valence-corrected chi connectivity index (χ3v) is 3.06. The lowest BCUT2D eigenvalue weighted by Gasteiger charge is -2.14. The Hall–Kier alpha value is -1.79. The standard InChI is InChI=1S/C12H13ClN2O4/c13-9-3-1-2-8(11(16)17)10(9)15-12(18)14-7-4-5-19-6-7/h1-3,7H,4-6H2,(H,16,17)(H2,14,15,18). The van der Waals surface area contributed by atoms with Crippen LogP contribution in [0.5, 0.6) is 0 Å². The summed E-state index contributed by atoms with van der Waals surface area (Å²) < 4.78 is 5.13. The van der Waals surface area contributed by atoms with Crippen LogP contribution in [0.1, 0.15) is 16.8 Å². The van der Waals surface area contributed by atoms with Crippen molar-refractivity contribution in [3.8, 4) is 0 Å². The lowest BCUT2D eigenvalue weighted by Crippen LogP contribution is -2.38. The number of anilines is 1. The molecule has 1 aliphatic rings. The second kappa shape index (κ2) is 5.90.